The summed E-state index contributed by atoms with van der Waals surface area (Å²) in [7, 11) is -2.73. The standard InChI is InChI=1S/C16H12BrNO4S/c1-22-16(19)15-14(17)12-9-5-6-10-13(12)18(15)23(20,21)11-7-3-2-4-8-11/h2-10H,1H3. The van der Waals surface area contributed by atoms with E-state index in [4.69, 9.17) is 4.74 Å². The third kappa shape index (κ3) is 2.46. The summed E-state index contributed by atoms with van der Waals surface area (Å²) in [6, 6.07) is 14.8. The summed E-state index contributed by atoms with van der Waals surface area (Å²) in [5.41, 5.74) is 0.348. The number of esters is 1. The minimum atomic E-state index is -3.94. The molecule has 1 heterocycles. The second-order valence-corrected chi connectivity index (χ2v) is 7.33. The molecule has 0 fully saturated rings. The summed E-state index contributed by atoms with van der Waals surface area (Å²) in [5.74, 6) is -0.729. The molecule has 0 N–H and O–H groups in total. The van der Waals surface area contributed by atoms with Crippen LogP contribution in [0.4, 0.5) is 0 Å². The number of aromatic nitrogens is 1. The number of nitrogens with zero attached hydrogens (tertiary/aromatic N) is 1. The summed E-state index contributed by atoms with van der Waals surface area (Å²) in [5, 5.41) is 0.618. The Morgan fingerprint density at radius 3 is 2.30 bits per heavy atom. The van der Waals surface area contributed by atoms with Crippen molar-refractivity contribution < 1.29 is 17.9 Å². The Morgan fingerprint density at radius 2 is 1.65 bits per heavy atom. The zero-order valence-corrected chi connectivity index (χ0v) is 14.5. The van der Waals surface area contributed by atoms with Crippen LogP contribution in [0.2, 0.25) is 0 Å². The van der Waals surface area contributed by atoms with Crippen LogP contribution in [-0.2, 0) is 14.8 Å². The van der Waals surface area contributed by atoms with Crippen LogP contribution in [0.5, 0.6) is 0 Å². The molecule has 23 heavy (non-hydrogen) atoms. The lowest BCUT2D eigenvalue weighted by Gasteiger charge is -2.11. The lowest BCUT2D eigenvalue weighted by molar-refractivity contribution is 0.0592. The lowest BCUT2D eigenvalue weighted by Crippen LogP contribution is -2.19. The molecule has 0 unspecified atom stereocenters. The van der Waals surface area contributed by atoms with E-state index in [1.54, 1.807) is 42.5 Å². The molecule has 7 heteroatoms. The highest BCUT2D eigenvalue weighted by Gasteiger charge is 2.30. The van der Waals surface area contributed by atoms with E-state index < -0.39 is 16.0 Å². The average Bonchev–Trinajstić information content (AvgIpc) is 2.89. The van der Waals surface area contributed by atoms with Crippen molar-refractivity contribution in [2.45, 2.75) is 4.90 Å². The van der Waals surface area contributed by atoms with Gasteiger partial charge in [0.15, 0.2) is 5.69 Å². The molecule has 0 saturated carbocycles. The van der Waals surface area contributed by atoms with Gasteiger partial charge in [-0.15, -0.1) is 0 Å². The van der Waals surface area contributed by atoms with Gasteiger partial charge in [-0.05, 0) is 34.1 Å². The highest BCUT2D eigenvalue weighted by Crippen LogP contribution is 2.34. The van der Waals surface area contributed by atoms with E-state index in [0.717, 1.165) is 3.97 Å². The van der Waals surface area contributed by atoms with Crippen LogP contribution in [0.3, 0.4) is 0 Å². The number of benzene rings is 2. The molecule has 3 rings (SSSR count). The monoisotopic (exact) mass is 393 g/mol. The Bertz CT molecular complexity index is 994. The summed E-state index contributed by atoms with van der Waals surface area (Å²) < 4.78 is 32.2. The van der Waals surface area contributed by atoms with Crippen molar-refractivity contribution in [1.82, 2.24) is 3.97 Å². The average molecular weight is 394 g/mol. The number of halogens is 1. The number of carbonyl (C=O) groups is 1. The molecule has 3 aromatic rings. The predicted octanol–water partition coefficient (Wildman–Crippen LogP) is 3.43. The van der Waals surface area contributed by atoms with Gasteiger partial charge in [-0.2, -0.15) is 0 Å². The Morgan fingerprint density at radius 1 is 1.04 bits per heavy atom. The molecule has 0 saturated heterocycles. The first-order valence-corrected chi connectivity index (χ1v) is 8.89. The molecule has 0 spiro atoms. The van der Waals surface area contributed by atoms with Crippen molar-refractivity contribution in [3.63, 3.8) is 0 Å². The molecular weight excluding hydrogens is 382 g/mol. The van der Waals surface area contributed by atoms with Gasteiger partial charge in [-0.25, -0.2) is 17.2 Å². The summed E-state index contributed by atoms with van der Waals surface area (Å²) in [4.78, 5) is 12.3. The van der Waals surface area contributed by atoms with Gasteiger partial charge in [-0.1, -0.05) is 36.4 Å². The molecule has 0 bridgehead atoms. The lowest BCUT2D eigenvalue weighted by atomic mass is 10.2. The highest BCUT2D eigenvalue weighted by molar-refractivity contribution is 9.10. The van der Waals surface area contributed by atoms with E-state index in [1.165, 1.54) is 19.2 Å². The van der Waals surface area contributed by atoms with E-state index in [2.05, 4.69) is 15.9 Å². The first kappa shape index (κ1) is 15.8. The molecule has 0 amide bonds. The molecule has 0 aliphatic rings. The SMILES string of the molecule is COC(=O)c1c(Br)c2ccccc2n1S(=O)(=O)c1ccccc1. The maximum absolute atomic E-state index is 13.0. The number of rotatable bonds is 3. The Hall–Kier alpha value is -2.12. The molecule has 5 nitrogen and oxygen atoms in total. The maximum atomic E-state index is 13.0. The van der Waals surface area contributed by atoms with Gasteiger partial charge in [0.2, 0.25) is 0 Å². The van der Waals surface area contributed by atoms with E-state index in [-0.39, 0.29) is 10.6 Å². The van der Waals surface area contributed by atoms with E-state index in [0.29, 0.717) is 15.4 Å². The van der Waals surface area contributed by atoms with Crippen LogP contribution in [-0.4, -0.2) is 25.5 Å². The number of ether oxygens (including phenoxy) is 1. The molecule has 0 radical (unpaired) electrons. The summed E-state index contributed by atoms with van der Waals surface area (Å²) >= 11 is 3.32. The first-order valence-electron chi connectivity index (χ1n) is 6.66. The normalized spacial score (nSPS) is 11.6. The molecule has 0 atom stereocenters. The van der Waals surface area contributed by atoms with E-state index in [9.17, 15) is 13.2 Å². The topological polar surface area (TPSA) is 65.4 Å². The molecular formula is C16H12BrNO4S. The molecule has 0 aliphatic carbocycles. The Balaban J connectivity index is 2.43. The number of carbonyl (C=O) groups excluding carboxylic acids is 1. The second-order valence-electron chi connectivity index (χ2n) is 4.75. The van der Waals surface area contributed by atoms with Gasteiger partial charge >= 0.3 is 5.97 Å². The largest absolute Gasteiger partial charge is 0.464 e. The molecule has 0 aliphatic heterocycles. The fourth-order valence-corrected chi connectivity index (χ4v) is 4.72. The quantitative estimate of drug-likeness (QED) is 0.639. The van der Waals surface area contributed by atoms with Crippen molar-refractivity contribution >= 4 is 42.8 Å². The highest BCUT2D eigenvalue weighted by atomic mass is 79.9. The minimum absolute atomic E-state index is 0.0578. The predicted molar refractivity (Wildman–Crippen MR) is 90.0 cm³/mol. The number of methoxy groups -OCH3 is 1. The maximum Gasteiger partial charge on any atom is 0.356 e. The van der Waals surface area contributed by atoms with Crippen LogP contribution in [0.15, 0.2) is 64.0 Å². The van der Waals surface area contributed by atoms with Crippen LogP contribution < -0.4 is 0 Å². The third-order valence-corrected chi connectivity index (χ3v) is 5.96. The van der Waals surface area contributed by atoms with Gasteiger partial charge < -0.3 is 4.74 Å². The van der Waals surface area contributed by atoms with Crippen molar-refractivity contribution in [3.8, 4) is 0 Å². The minimum Gasteiger partial charge on any atom is -0.464 e. The second kappa shape index (κ2) is 5.82. The zero-order chi connectivity index (χ0) is 16.6. The van der Waals surface area contributed by atoms with Gasteiger partial charge in [0, 0.05) is 5.39 Å². The summed E-state index contributed by atoms with van der Waals surface area (Å²) in [6.45, 7) is 0. The molecule has 118 valence electrons. The van der Waals surface area contributed by atoms with E-state index >= 15 is 0 Å². The number of para-hydroxylation sites is 1. The third-order valence-electron chi connectivity index (χ3n) is 3.43. The number of hydrogen-bond acceptors (Lipinski definition) is 4. The van der Waals surface area contributed by atoms with Crippen molar-refractivity contribution in [2.24, 2.45) is 0 Å². The van der Waals surface area contributed by atoms with E-state index in [1.807, 2.05) is 0 Å². The summed E-state index contributed by atoms with van der Waals surface area (Å²) in [6.07, 6.45) is 0. The van der Waals surface area contributed by atoms with Crippen molar-refractivity contribution in [1.29, 1.82) is 0 Å². The fraction of sp³-hybridized carbons (Fsp3) is 0.0625. The van der Waals surface area contributed by atoms with Gasteiger partial charge in [-0.3, -0.25) is 0 Å². The number of hydrogen-bond donors (Lipinski definition) is 0. The smallest absolute Gasteiger partial charge is 0.356 e. The van der Waals surface area contributed by atoms with Crippen LogP contribution in [0.25, 0.3) is 10.9 Å². The fourth-order valence-electron chi connectivity index (χ4n) is 2.39. The van der Waals surface area contributed by atoms with Crippen LogP contribution >= 0.6 is 15.9 Å². The van der Waals surface area contributed by atoms with Crippen LogP contribution in [0, 0.1) is 0 Å². The van der Waals surface area contributed by atoms with Gasteiger partial charge in [0.1, 0.15) is 0 Å². The number of fused-ring (bicyclic) bond motifs is 1. The molecule has 2 aromatic carbocycles. The Kier molecular flexibility index (Phi) is 3.99. The zero-order valence-electron chi connectivity index (χ0n) is 12.1. The van der Waals surface area contributed by atoms with Crippen molar-refractivity contribution in [2.75, 3.05) is 7.11 Å². The van der Waals surface area contributed by atoms with Gasteiger partial charge in [0.25, 0.3) is 10.0 Å². The van der Waals surface area contributed by atoms with Crippen molar-refractivity contribution in [3.05, 3.63) is 64.8 Å². The van der Waals surface area contributed by atoms with Gasteiger partial charge in [0.05, 0.1) is 22.0 Å². The first-order chi connectivity index (χ1) is 11.0. The molecule has 1 aromatic heterocycles. The van der Waals surface area contributed by atoms with Crippen LogP contribution in [0.1, 0.15) is 10.5 Å². The Labute approximate surface area is 141 Å².